The van der Waals surface area contributed by atoms with Crippen molar-refractivity contribution in [1.29, 1.82) is 0 Å². The Balaban J connectivity index is 1.75. The van der Waals surface area contributed by atoms with E-state index in [2.05, 4.69) is 0 Å². The van der Waals surface area contributed by atoms with Gasteiger partial charge in [0.25, 0.3) is 5.91 Å². The third-order valence-corrected chi connectivity index (χ3v) is 4.06. The minimum atomic E-state index is -0.270. The zero-order valence-corrected chi connectivity index (χ0v) is 13.0. The van der Waals surface area contributed by atoms with E-state index in [-0.39, 0.29) is 24.2 Å². The van der Waals surface area contributed by atoms with Crippen molar-refractivity contribution in [2.45, 2.75) is 19.4 Å². The van der Waals surface area contributed by atoms with Gasteiger partial charge in [-0.2, -0.15) is 0 Å². The topological polar surface area (TPSA) is 59.8 Å². The molecule has 0 saturated carbocycles. The minimum absolute atomic E-state index is 0.00932. The smallest absolute Gasteiger partial charge is 0.290 e. The molecular formula is C18H19NO4. The quantitative estimate of drug-likeness (QED) is 0.814. The van der Waals surface area contributed by atoms with Crippen LogP contribution in [0.25, 0.3) is 0 Å². The summed E-state index contributed by atoms with van der Waals surface area (Å²) in [6.45, 7) is 3.14. The van der Waals surface area contributed by atoms with Gasteiger partial charge < -0.3 is 14.1 Å². The molecule has 3 rings (SSSR count). The van der Waals surface area contributed by atoms with Crippen molar-refractivity contribution in [3.8, 4) is 0 Å². The van der Waals surface area contributed by atoms with Crippen LogP contribution in [-0.4, -0.2) is 42.4 Å². The zero-order chi connectivity index (χ0) is 16.2. The first-order valence-corrected chi connectivity index (χ1v) is 7.68. The molecule has 1 aliphatic heterocycles. The molecule has 1 aromatic heterocycles. The van der Waals surface area contributed by atoms with Gasteiger partial charge in [-0.1, -0.05) is 30.3 Å². The van der Waals surface area contributed by atoms with Crippen LogP contribution in [0.15, 0.2) is 47.1 Å². The Kier molecular flexibility index (Phi) is 4.57. The number of hydrogen-bond acceptors (Lipinski definition) is 4. The normalized spacial score (nSPS) is 18.0. The maximum atomic E-state index is 12.7. The Hall–Kier alpha value is -2.40. The Morgan fingerprint density at radius 2 is 2.00 bits per heavy atom. The van der Waals surface area contributed by atoms with Gasteiger partial charge in [-0.15, -0.1) is 0 Å². The first kappa shape index (κ1) is 15.5. The van der Waals surface area contributed by atoms with E-state index in [1.165, 1.54) is 6.26 Å². The third kappa shape index (κ3) is 3.35. The van der Waals surface area contributed by atoms with Gasteiger partial charge in [-0.25, -0.2) is 0 Å². The number of amides is 1. The molecule has 120 valence electrons. The first-order valence-electron chi connectivity index (χ1n) is 7.68. The first-order chi connectivity index (χ1) is 11.2. The number of morpholine rings is 1. The summed E-state index contributed by atoms with van der Waals surface area (Å²) in [6.07, 6.45) is 1.75. The summed E-state index contributed by atoms with van der Waals surface area (Å²) < 4.78 is 10.8. The average Bonchev–Trinajstić information content (AvgIpc) is 3.01. The van der Waals surface area contributed by atoms with Crippen LogP contribution in [-0.2, 0) is 4.74 Å². The van der Waals surface area contributed by atoms with Crippen LogP contribution in [0, 0.1) is 6.92 Å². The van der Waals surface area contributed by atoms with Crippen molar-refractivity contribution in [2.75, 3.05) is 19.8 Å². The lowest BCUT2D eigenvalue weighted by Gasteiger charge is -2.35. The summed E-state index contributed by atoms with van der Waals surface area (Å²) in [6, 6.07) is 10.6. The molecule has 0 bridgehead atoms. The summed E-state index contributed by atoms with van der Waals surface area (Å²) in [7, 11) is 0. The van der Waals surface area contributed by atoms with Gasteiger partial charge >= 0.3 is 0 Å². The van der Waals surface area contributed by atoms with Gasteiger partial charge in [-0.05, 0) is 13.0 Å². The second-order valence-electron chi connectivity index (χ2n) is 5.65. The third-order valence-electron chi connectivity index (χ3n) is 4.06. The van der Waals surface area contributed by atoms with Gasteiger partial charge in [0.15, 0.2) is 11.5 Å². The van der Waals surface area contributed by atoms with E-state index >= 15 is 0 Å². The second kappa shape index (κ2) is 6.79. The lowest BCUT2D eigenvalue weighted by Crippen LogP contribution is -2.49. The lowest BCUT2D eigenvalue weighted by atomic mass is 10.0. The number of aryl methyl sites for hydroxylation is 1. The number of rotatable bonds is 4. The highest BCUT2D eigenvalue weighted by Crippen LogP contribution is 2.19. The molecule has 2 aromatic rings. The van der Waals surface area contributed by atoms with E-state index in [0.717, 1.165) is 5.56 Å². The fourth-order valence-corrected chi connectivity index (χ4v) is 2.77. The van der Waals surface area contributed by atoms with Crippen LogP contribution >= 0.6 is 0 Å². The van der Waals surface area contributed by atoms with Crippen LogP contribution in [0.4, 0.5) is 0 Å². The minimum Gasteiger partial charge on any atom is -0.459 e. The monoisotopic (exact) mass is 313 g/mol. The number of hydrogen-bond donors (Lipinski definition) is 0. The molecule has 5 heteroatoms. The summed E-state index contributed by atoms with van der Waals surface area (Å²) in [4.78, 5) is 26.8. The van der Waals surface area contributed by atoms with Crippen LogP contribution in [0.2, 0.25) is 0 Å². The zero-order valence-electron chi connectivity index (χ0n) is 13.0. The van der Waals surface area contributed by atoms with Gasteiger partial charge in [-0.3, -0.25) is 9.59 Å². The van der Waals surface area contributed by atoms with E-state index in [1.807, 2.05) is 25.1 Å². The highest BCUT2D eigenvalue weighted by molar-refractivity contribution is 5.97. The highest BCUT2D eigenvalue weighted by atomic mass is 16.5. The maximum Gasteiger partial charge on any atom is 0.290 e. The van der Waals surface area contributed by atoms with Crippen molar-refractivity contribution in [3.05, 3.63) is 59.5 Å². The Labute approximate surface area is 134 Å². The van der Waals surface area contributed by atoms with E-state index in [9.17, 15) is 9.59 Å². The molecule has 0 aliphatic carbocycles. The van der Waals surface area contributed by atoms with Gasteiger partial charge in [0.2, 0.25) is 0 Å². The van der Waals surface area contributed by atoms with Crippen LogP contribution in [0.5, 0.6) is 0 Å². The second-order valence-corrected chi connectivity index (χ2v) is 5.65. The van der Waals surface area contributed by atoms with Crippen molar-refractivity contribution in [1.82, 2.24) is 4.90 Å². The number of Topliss-reactive ketones (excluding diaryl/α,β-unsaturated/α-hetero) is 1. The number of benzene rings is 1. The number of nitrogens with zero attached hydrogens (tertiary/aromatic N) is 1. The lowest BCUT2D eigenvalue weighted by molar-refractivity contribution is -0.00435. The van der Waals surface area contributed by atoms with Crippen LogP contribution < -0.4 is 0 Å². The molecule has 23 heavy (non-hydrogen) atoms. The molecule has 0 radical (unpaired) electrons. The average molecular weight is 313 g/mol. The summed E-state index contributed by atoms with van der Waals surface area (Å²) >= 11 is 0. The fraction of sp³-hybridized carbons (Fsp3) is 0.333. The van der Waals surface area contributed by atoms with Crippen molar-refractivity contribution >= 4 is 11.7 Å². The molecule has 1 aromatic carbocycles. The van der Waals surface area contributed by atoms with Gasteiger partial charge in [0.05, 0.1) is 25.5 Å². The molecule has 5 nitrogen and oxygen atoms in total. The Morgan fingerprint density at radius 3 is 2.70 bits per heavy atom. The molecule has 0 N–H and O–H groups in total. The maximum absolute atomic E-state index is 12.7. The fourth-order valence-electron chi connectivity index (χ4n) is 2.77. The van der Waals surface area contributed by atoms with E-state index in [1.54, 1.807) is 23.1 Å². The predicted octanol–water partition coefficient (Wildman–Crippen LogP) is 2.70. The van der Waals surface area contributed by atoms with Gasteiger partial charge in [0.1, 0.15) is 0 Å². The highest BCUT2D eigenvalue weighted by Gasteiger charge is 2.32. The number of carbonyl (C=O) groups is 2. The summed E-state index contributed by atoms with van der Waals surface area (Å²) in [5.41, 5.74) is 1.45. The number of carbonyl (C=O) groups excluding carboxylic acids is 2. The van der Waals surface area contributed by atoms with E-state index in [4.69, 9.17) is 9.15 Å². The number of ether oxygens (including phenoxy) is 1. The molecule has 2 heterocycles. The molecule has 1 fully saturated rings. The Morgan fingerprint density at radius 1 is 1.22 bits per heavy atom. The number of ketones is 1. The van der Waals surface area contributed by atoms with Crippen LogP contribution in [0.1, 0.15) is 32.9 Å². The van der Waals surface area contributed by atoms with Crippen LogP contribution in [0.3, 0.4) is 0 Å². The molecule has 0 spiro atoms. The largest absolute Gasteiger partial charge is 0.459 e. The predicted molar refractivity (Wildman–Crippen MR) is 84.5 cm³/mol. The van der Waals surface area contributed by atoms with Crippen molar-refractivity contribution in [3.63, 3.8) is 0 Å². The van der Waals surface area contributed by atoms with Gasteiger partial charge in [0, 0.05) is 24.1 Å². The molecule has 1 aliphatic rings. The molecule has 1 saturated heterocycles. The standard InChI is InChI=1S/C18H19NO4/c1-13-7-9-23-17(13)18(21)19-8-10-22-12-15(19)11-16(20)14-5-3-2-4-6-14/h2-7,9,15H,8,10-12H2,1H3/t15-/m1/s1. The Bertz CT molecular complexity index is 692. The van der Waals surface area contributed by atoms with E-state index < -0.39 is 0 Å². The molecular weight excluding hydrogens is 294 g/mol. The summed E-state index contributed by atoms with van der Waals surface area (Å²) in [5.74, 6) is 0.167. The van der Waals surface area contributed by atoms with Crippen molar-refractivity contribution < 1.29 is 18.7 Å². The molecule has 1 atom stereocenters. The SMILES string of the molecule is Cc1ccoc1C(=O)N1CCOC[C@H]1CC(=O)c1ccccc1. The van der Waals surface area contributed by atoms with Crippen molar-refractivity contribution in [2.24, 2.45) is 0 Å². The molecule has 0 unspecified atom stereocenters. The number of furan rings is 1. The van der Waals surface area contributed by atoms with E-state index in [0.29, 0.717) is 31.1 Å². The summed E-state index contributed by atoms with van der Waals surface area (Å²) in [5, 5.41) is 0. The molecule has 1 amide bonds.